The standard InChI is InChI=1S/C24H38N4O9S/c1-14(2)20(16(29)13-15(21(32)24(3,4)5)7-6-11-26-23(25)34)27-22(33)17(38(35,36)37)10-12-28-18(30)8-9-19(28)31/h8-9,14-15,17,20H,6-7,10-13H2,1-5H3,(H,27,33)(H3,25,26,34)(H,35,36,37)/t15-,17-,20+/m1/s1. The first kappa shape index (κ1) is 32.9. The first-order chi connectivity index (χ1) is 17.4. The molecular weight excluding hydrogens is 520 g/mol. The Morgan fingerprint density at radius 1 is 1.05 bits per heavy atom. The van der Waals surface area contributed by atoms with Crippen molar-refractivity contribution in [3.63, 3.8) is 0 Å². The lowest BCUT2D eigenvalue weighted by molar-refractivity contribution is -0.137. The molecule has 14 heteroatoms. The second-order valence-electron chi connectivity index (χ2n) is 10.6. The van der Waals surface area contributed by atoms with E-state index in [0.717, 1.165) is 17.1 Å². The second kappa shape index (κ2) is 13.6. The zero-order valence-electron chi connectivity index (χ0n) is 22.4. The Kier molecular flexibility index (Phi) is 11.8. The van der Waals surface area contributed by atoms with Crippen molar-refractivity contribution < 1.29 is 41.7 Å². The number of nitrogens with one attached hydrogen (secondary N) is 2. The maximum atomic E-state index is 13.3. The van der Waals surface area contributed by atoms with Crippen LogP contribution in [0.4, 0.5) is 4.79 Å². The van der Waals surface area contributed by atoms with Gasteiger partial charge in [-0.3, -0.25) is 33.4 Å². The zero-order chi connectivity index (χ0) is 29.4. The van der Waals surface area contributed by atoms with Crippen LogP contribution >= 0.6 is 0 Å². The monoisotopic (exact) mass is 558 g/mol. The van der Waals surface area contributed by atoms with Crippen LogP contribution < -0.4 is 16.4 Å². The molecule has 0 aromatic carbocycles. The summed E-state index contributed by atoms with van der Waals surface area (Å²) in [5.74, 6) is -4.46. The summed E-state index contributed by atoms with van der Waals surface area (Å²) in [6.45, 7) is 8.13. The van der Waals surface area contributed by atoms with Crippen molar-refractivity contribution in [2.75, 3.05) is 13.1 Å². The van der Waals surface area contributed by atoms with Crippen molar-refractivity contribution in [1.82, 2.24) is 15.5 Å². The van der Waals surface area contributed by atoms with Crippen LogP contribution in [-0.4, -0.2) is 77.6 Å². The number of rotatable bonds is 15. The summed E-state index contributed by atoms with van der Waals surface area (Å²) in [6, 6.07) is -1.90. The van der Waals surface area contributed by atoms with Crippen molar-refractivity contribution >= 4 is 45.4 Å². The molecule has 0 aromatic rings. The lowest BCUT2D eigenvalue weighted by atomic mass is 9.78. The van der Waals surface area contributed by atoms with Crippen LogP contribution in [0, 0.1) is 17.3 Å². The molecule has 0 bridgehead atoms. The van der Waals surface area contributed by atoms with E-state index in [1.807, 2.05) is 0 Å². The SMILES string of the molecule is CC(C)[C@H](NC(=O)[C@@H](CCN1C(=O)C=CC1=O)S(=O)(=O)O)C(=O)C[C@@H](CCCNC(N)=O)C(=O)C(C)(C)C. The van der Waals surface area contributed by atoms with Gasteiger partial charge in [-0.25, -0.2) is 4.79 Å². The first-order valence-corrected chi connectivity index (χ1v) is 13.8. The Bertz CT molecular complexity index is 1060. The molecule has 0 aliphatic carbocycles. The van der Waals surface area contributed by atoms with Crippen LogP contribution in [0.15, 0.2) is 12.2 Å². The molecule has 1 aliphatic rings. The molecule has 5 amide bonds. The van der Waals surface area contributed by atoms with E-state index in [2.05, 4.69) is 10.6 Å². The van der Waals surface area contributed by atoms with Crippen LogP contribution in [0.5, 0.6) is 0 Å². The van der Waals surface area contributed by atoms with Gasteiger partial charge >= 0.3 is 6.03 Å². The Balaban J connectivity index is 3.02. The molecule has 1 rings (SSSR count). The first-order valence-electron chi connectivity index (χ1n) is 12.3. The lowest BCUT2D eigenvalue weighted by Gasteiger charge is -2.28. The molecule has 3 atom stereocenters. The van der Waals surface area contributed by atoms with E-state index in [9.17, 15) is 41.7 Å². The summed E-state index contributed by atoms with van der Waals surface area (Å²) in [5.41, 5.74) is 4.28. The normalized spacial score (nSPS) is 16.3. The molecule has 1 aliphatic heterocycles. The summed E-state index contributed by atoms with van der Waals surface area (Å²) in [4.78, 5) is 74.3. The van der Waals surface area contributed by atoms with Gasteiger partial charge in [0.05, 0.1) is 6.04 Å². The minimum Gasteiger partial charge on any atom is -0.352 e. The number of carbonyl (C=O) groups excluding carboxylic acids is 6. The number of Topliss-reactive ketones (excluding diaryl/α,β-unsaturated/α-hetero) is 2. The number of hydrogen-bond donors (Lipinski definition) is 4. The molecule has 0 saturated heterocycles. The number of amides is 5. The smallest absolute Gasteiger partial charge is 0.312 e. The third-order valence-electron chi connectivity index (χ3n) is 6.06. The fraction of sp³-hybridized carbons (Fsp3) is 0.667. The van der Waals surface area contributed by atoms with E-state index >= 15 is 0 Å². The number of nitrogens with two attached hydrogens (primary N) is 1. The quantitative estimate of drug-likeness (QED) is 0.124. The summed E-state index contributed by atoms with van der Waals surface area (Å²) in [7, 11) is -4.96. The summed E-state index contributed by atoms with van der Waals surface area (Å²) in [5, 5.41) is 2.75. The highest BCUT2D eigenvalue weighted by Gasteiger charge is 2.38. The average Bonchev–Trinajstić information content (AvgIpc) is 3.09. The molecule has 214 valence electrons. The Morgan fingerprint density at radius 2 is 1.61 bits per heavy atom. The van der Waals surface area contributed by atoms with E-state index in [-0.39, 0.29) is 25.2 Å². The highest BCUT2D eigenvalue weighted by Crippen LogP contribution is 2.27. The van der Waals surface area contributed by atoms with E-state index < -0.39 is 81.2 Å². The molecule has 0 unspecified atom stereocenters. The molecule has 0 spiro atoms. The molecule has 0 fully saturated rings. The van der Waals surface area contributed by atoms with E-state index in [4.69, 9.17) is 5.73 Å². The number of carbonyl (C=O) groups is 6. The van der Waals surface area contributed by atoms with Gasteiger partial charge in [-0.1, -0.05) is 34.6 Å². The van der Waals surface area contributed by atoms with Crippen molar-refractivity contribution in [2.45, 2.75) is 71.6 Å². The number of nitrogens with zero attached hydrogens (tertiary/aromatic N) is 1. The van der Waals surface area contributed by atoms with Crippen molar-refractivity contribution in [3.8, 4) is 0 Å². The number of ketones is 2. The number of urea groups is 1. The largest absolute Gasteiger partial charge is 0.352 e. The van der Waals surface area contributed by atoms with Gasteiger partial charge in [0.25, 0.3) is 21.9 Å². The van der Waals surface area contributed by atoms with Gasteiger partial charge in [0.15, 0.2) is 11.0 Å². The minimum absolute atomic E-state index is 0.192. The molecule has 38 heavy (non-hydrogen) atoms. The number of primary amides is 1. The van der Waals surface area contributed by atoms with E-state index in [0.29, 0.717) is 6.42 Å². The molecule has 13 nitrogen and oxygen atoms in total. The Labute approximate surface area is 222 Å². The van der Waals surface area contributed by atoms with Gasteiger partial charge in [-0.15, -0.1) is 0 Å². The Hall–Kier alpha value is -3.13. The van der Waals surface area contributed by atoms with Gasteiger partial charge in [-0.2, -0.15) is 8.42 Å². The maximum Gasteiger partial charge on any atom is 0.312 e. The zero-order valence-corrected chi connectivity index (χ0v) is 23.2. The fourth-order valence-corrected chi connectivity index (χ4v) is 4.79. The fourth-order valence-electron chi connectivity index (χ4n) is 4.05. The molecular formula is C24H38N4O9S. The molecule has 0 saturated carbocycles. The maximum absolute atomic E-state index is 13.3. The molecule has 0 aromatic heterocycles. The average molecular weight is 559 g/mol. The van der Waals surface area contributed by atoms with Gasteiger partial charge in [0.1, 0.15) is 5.78 Å². The third-order valence-corrected chi connectivity index (χ3v) is 7.23. The third kappa shape index (κ3) is 9.97. The minimum atomic E-state index is -4.96. The number of hydrogen-bond acceptors (Lipinski definition) is 8. The molecule has 0 radical (unpaired) electrons. The molecule has 1 heterocycles. The highest BCUT2D eigenvalue weighted by atomic mass is 32.2. The predicted octanol–water partition coefficient (Wildman–Crippen LogP) is 0.338. The van der Waals surface area contributed by atoms with Crippen molar-refractivity contribution in [1.29, 1.82) is 0 Å². The van der Waals surface area contributed by atoms with Crippen LogP contribution in [0.2, 0.25) is 0 Å². The van der Waals surface area contributed by atoms with Gasteiger partial charge in [0.2, 0.25) is 5.91 Å². The van der Waals surface area contributed by atoms with Gasteiger partial charge < -0.3 is 16.4 Å². The predicted molar refractivity (Wildman–Crippen MR) is 137 cm³/mol. The van der Waals surface area contributed by atoms with Crippen molar-refractivity contribution in [3.05, 3.63) is 12.2 Å². The Morgan fingerprint density at radius 3 is 2.05 bits per heavy atom. The van der Waals surface area contributed by atoms with Gasteiger partial charge in [-0.05, 0) is 25.2 Å². The van der Waals surface area contributed by atoms with E-state index in [1.165, 1.54) is 0 Å². The summed E-state index contributed by atoms with van der Waals surface area (Å²) >= 11 is 0. The topological polar surface area (TPSA) is 210 Å². The van der Waals surface area contributed by atoms with Crippen molar-refractivity contribution in [2.24, 2.45) is 23.0 Å². The second-order valence-corrected chi connectivity index (χ2v) is 12.2. The molecule has 5 N–H and O–H groups in total. The van der Waals surface area contributed by atoms with Crippen LogP contribution in [-0.2, 0) is 34.1 Å². The van der Waals surface area contributed by atoms with E-state index in [1.54, 1.807) is 34.6 Å². The van der Waals surface area contributed by atoms with Gasteiger partial charge in [0, 0.05) is 43.0 Å². The summed E-state index contributed by atoms with van der Waals surface area (Å²) in [6.07, 6.45) is 1.81. The number of imide groups is 1. The van der Waals surface area contributed by atoms with Crippen LogP contribution in [0.3, 0.4) is 0 Å². The van der Waals surface area contributed by atoms with Crippen LogP contribution in [0.1, 0.15) is 60.3 Å². The highest BCUT2D eigenvalue weighted by molar-refractivity contribution is 7.87. The summed E-state index contributed by atoms with van der Waals surface area (Å²) < 4.78 is 33.6. The van der Waals surface area contributed by atoms with Crippen LogP contribution in [0.25, 0.3) is 0 Å². The lowest BCUT2D eigenvalue weighted by Crippen LogP contribution is -2.51.